The maximum absolute atomic E-state index is 9.70. The van der Waals surface area contributed by atoms with E-state index in [4.69, 9.17) is 9.47 Å². The van der Waals surface area contributed by atoms with Crippen molar-refractivity contribution in [2.75, 3.05) is 26.2 Å². The van der Waals surface area contributed by atoms with Gasteiger partial charge in [0.2, 0.25) is 0 Å². The molecule has 1 saturated carbocycles. The van der Waals surface area contributed by atoms with Crippen LogP contribution in [0.4, 0.5) is 0 Å². The van der Waals surface area contributed by atoms with Crippen molar-refractivity contribution in [3.63, 3.8) is 0 Å². The SMILES string of the molecule is C=C(/N=C\c1cc(-c2ccc(Oc3cc(C#N)c(OC4CC4)c(CC)c3)cc2)ccc1C)N1CCNCC1. The molecule has 6 heteroatoms. The summed E-state index contributed by atoms with van der Waals surface area (Å²) in [7, 11) is 0. The van der Waals surface area contributed by atoms with E-state index in [0.29, 0.717) is 17.1 Å². The van der Waals surface area contributed by atoms with E-state index in [-0.39, 0.29) is 6.10 Å². The molecule has 38 heavy (non-hydrogen) atoms. The summed E-state index contributed by atoms with van der Waals surface area (Å²) in [5, 5.41) is 13.1. The van der Waals surface area contributed by atoms with E-state index in [1.54, 1.807) is 6.07 Å². The molecule has 0 radical (unpaired) electrons. The number of rotatable bonds is 9. The summed E-state index contributed by atoms with van der Waals surface area (Å²) < 4.78 is 12.2. The van der Waals surface area contributed by atoms with Crippen LogP contribution in [0.1, 0.15) is 42.0 Å². The van der Waals surface area contributed by atoms with Crippen LogP contribution in [0.25, 0.3) is 11.1 Å². The van der Waals surface area contributed by atoms with Crippen LogP contribution in [0.15, 0.2) is 72.0 Å². The second kappa shape index (κ2) is 11.5. The average Bonchev–Trinajstić information content (AvgIpc) is 3.78. The van der Waals surface area contributed by atoms with E-state index in [1.165, 1.54) is 5.56 Å². The summed E-state index contributed by atoms with van der Waals surface area (Å²) in [6.07, 6.45) is 5.04. The van der Waals surface area contributed by atoms with Gasteiger partial charge in [0.25, 0.3) is 0 Å². The number of benzene rings is 3. The Morgan fingerprint density at radius 3 is 2.50 bits per heavy atom. The third kappa shape index (κ3) is 6.07. The van der Waals surface area contributed by atoms with Crippen molar-refractivity contribution >= 4 is 6.21 Å². The monoisotopic (exact) mass is 506 g/mol. The molecule has 0 bridgehead atoms. The number of hydrogen-bond donors (Lipinski definition) is 1. The molecule has 1 aliphatic carbocycles. The fraction of sp³-hybridized carbons (Fsp3) is 0.312. The topological polar surface area (TPSA) is 69.9 Å². The minimum atomic E-state index is 0.242. The molecule has 194 valence electrons. The number of hydrogen-bond acceptors (Lipinski definition) is 6. The quantitative estimate of drug-likeness (QED) is 0.349. The van der Waals surface area contributed by atoms with Gasteiger partial charge in [0.15, 0.2) is 0 Å². The van der Waals surface area contributed by atoms with E-state index in [0.717, 1.165) is 79.3 Å². The molecule has 1 N–H and O–H groups in total. The van der Waals surface area contributed by atoms with Gasteiger partial charge in [-0.25, -0.2) is 4.99 Å². The Kier molecular flexibility index (Phi) is 7.76. The Bertz CT molecular complexity index is 1380. The Balaban J connectivity index is 1.30. The summed E-state index contributed by atoms with van der Waals surface area (Å²) in [6.45, 7) is 12.1. The van der Waals surface area contributed by atoms with Gasteiger partial charge in [-0.15, -0.1) is 0 Å². The largest absolute Gasteiger partial charge is 0.489 e. The number of piperazine rings is 1. The first kappa shape index (κ1) is 25.6. The van der Waals surface area contributed by atoms with Gasteiger partial charge in [-0.2, -0.15) is 5.26 Å². The summed E-state index contributed by atoms with van der Waals surface area (Å²) >= 11 is 0. The van der Waals surface area contributed by atoms with Crippen molar-refractivity contribution in [3.05, 3.63) is 89.3 Å². The van der Waals surface area contributed by atoms with Gasteiger partial charge in [-0.3, -0.25) is 0 Å². The number of nitrogens with zero attached hydrogens (tertiary/aromatic N) is 3. The van der Waals surface area contributed by atoms with Crippen molar-refractivity contribution in [1.82, 2.24) is 10.2 Å². The molecule has 2 aliphatic rings. The maximum Gasteiger partial charge on any atom is 0.140 e. The van der Waals surface area contributed by atoms with Gasteiger partial charge in [0.1, 0.15) is 29.1 Å². The molecule has 0 amide bonds. The van der Waals surface area contributed by atoms with Crippen LogP contribution in [0, 0.1) is 18.3 Å². The van der Waals surface area contributed by atoms with Gasteiger partial charge in [-0.05, 0) is 78.3 Å². The highest BCUT2D eigenvalue weighted by Gasteiger charge is 2.26. The van der Waals surface area contributed by atoms with Crippen molar-refractivity contribution in [1.29, 1.82) is 5.26 Å². The molecule has 0 aromatic heterocycles. The summed E-state index contributed by atoms with van der Waals surface area (Å²) in [6, 6.07) is 20.5. The van der Waals surface area contributed by atoms with Crippen LogP contribution >= 0.6 is 0 Å². The van der Waals surface area contributed by atoms with Gasteiger partial charge in [-0.1, -0.05) is 37.8 Å². The van der Waals surface area contributed by atoms with Crippen molar-refractivity contribution in [2.24, 2.45) is 4.99 Å². The minimum absolute atomic E-state index is 0.242. The molecule has 2 fully saturated rings. The molecule has 3 aromatic carbocycles. The first-order chi connectivity index (χ1) is 18.5. The molecule has 5 rings (SSSR count). The molecule has 0 atom stereocenters. The van der Waals surface area contributed by atoms with Crippen LogP contribution in [0.5, 0.6) is 17.2 Å². The van der Waals surface area contributed by atoms with E-state index in [2.05, 4.69) is 72.0 Å². The van der Waals surface area contributed by atoms with Crippen LogP contribution in [0.2, 0.25) is 0 Å². The molecule has 1 aliphatic heterocycles. The normalized spacial score (nSPS) is 15.3. The van der Waals surface area contributed by atoms with E-state index in [9.17, 15) is 5.26 Å². The van der Waals surface area contributed by atoms with Crippen LogP contribution in [-0.2, 0) is 6.42 Å². The Labute approximate surface area is 225 Å². The first-order valence-corrected chi connectivity index (χ1v) is 13.4. The van der Waals surface area contributed by atoms with Crippen molar-refractivity contribution in [3.8, 4) is 34.4 Å². The Hall–Kier alpha value is -4.08. The fourth-order valence-corrected chi connectivity index (χ4v) is 4.52. The van der Waals surface area contributed by atoms with Crippen LogP contribution in [0.3, 0.4) is 0 Å². The fourth-order valence-electron chi connectivity index (χ4n) is 4.52. The first-order valence-electron chi connectivity index (χ1n) is 13.4. The lowest BCUT2D eigenvalue weighted by Crippen LogP contribution is -2.42. The standard InChI is InChI=1S/C32H34N4O2/c1-4-24-18-31(19-27(20-33)32(24)38-30-11-12-30)37-29-9-7-25(8-10-29)26-6-5-22(2)28(17-26)21-35-23(3)36-15-13-34-14-16-36/h5-10,17-19,21,30,34H,3-4,11-16H2,1-2H3/b35-21-. The van der Waals surface area contributed by atoms with Gasteiger partial charge in [0, 0.05) is 38.5 Å². The highest BCUT2D eigenvalue weighted by Crippen LogP contribution is 2.36. The van der Waals surface area contributed by atoms with E-state index < -0.39 is 0 Å². The maximum atomic E-state index is 9.70. The number of ether oxygens (including phenoxy) is 2. The van der Waals surface area contributed by atoms with E-state index in [1.807, 2.05) is 24.4 Å². The van der Waals surface area contributed by atoms with Gasteiger partial charge >= 0.3 is 0 Å². The number of aliphatic imine (C=N–C) groups is 1. The highest BCUT2D eigenvalue weighted by molar-refractivity contribution is 5.85. The molecule has 1 heterocycles. The summed E-state index contributed by atoms with van der Waals surface area (Å²) in [5.41, 5.74) is 5.96. The highest BCUT2D eigenvalue weighted by atomic mass is 16.5. The number of aryl methyl sites for hydroxylation is 2. The Morgan fingerprint density at radius 1 is 1.08 bits per heavy atom. The smallest absolute Gasteiger partial charge is 0.140 e. The average molecular weight is 507 g/mol. The third-order valence-electron chi connectivity index (χ3n) is 6.99. The molecule has 3 aromatic rings. The lowest BCUT2D eigenvalue weighted by Gasteiger charge is -2.28. The summed E-state index contributed by atoms with van der Waals surface area (Å²) in [4.78, 5) is 6.86. The van der Waals surface area contributed by atoms with Crippen LogP contribution in [-0.4, -0.2) is 43.4 Å². The molecule has 0 unspecified atom stereocenters. The zero-order valence-corrected chi connectivity index (χ0v) is 22.2. The summed E-state index contributed by atoms with van der Waals surface area (Å²) in [5.74, 6) is 2.87. The minimum Gasteiger partial charge on any atom is -0.489 e. The third-order valence-corrected chi connectivity index (χ3v) is 6.99. The lowest BCUT2D eigenvalue weighted by atomic mass is 10.00. The predicted octanol–water partition coefficient (Wildman–Crippen LogP) is 6.22. The van der Waals surface area contributed by atoms with Crippen molar-refractivity contribution < 1.29 is 9.47 Å². The second-order valence-corrected chi connectivity index (χ2v) is 9.85. The zero-order chi connectivity index (χ0) is 26.5. The van der Waals surface area contributed by atoms with Gasteiger partial charge in [0.05, 0.1) is 11.7 Å². The van der Waals surface area contributed by atoms with Crippen LogP contribution < -0.4 is 14.8 Å². The number of nitriles is 1. The molecule has 1 saturated heterocycles. The van der Waals surface area contributed by atoms with Crippen molar-refractivity contribution in [2.45, 2.75) is 39.2 Å². The second-order valence-electron chi connectivity index (χ2n) is 9.85. The van der Waals surface area contributed by atoms with E-state index >= 15 is 0 Å². The number of nitrogens with one attached hydrogen (secondary N) is 1. The zero-order valence-electron chi connectivity index (χ0n) is 22.2. The molecule has 0 spiro atoms. The molecule has 6 nitrogen and oxygen atoms in total. The Morgan fingerprint density at radius 2 is 1.82 bits per heavy atom. The predicted molar refractivity (Wildman–Crippen MR) is 152 cm³/mol. The lowest BCUT2D eigenvalue weighted by molar-refractivity contribution is 0.298. The van der Waals surface area contributed by atoms with Gasteiger partial charge < -0.3 is 19.7 Å². The molecular weight excluding hydrogens is 472 g/mol. The molecular formula is C32H34N4O2.